The minimum Gasteiger partial charge on any atom is -0.379 e. The van der Waals surface area contributed by atoms with Crippen molar-refractivity contribution in [1.82, 2.24) is 14.9 Å². The van der Waals surface area contributed by atoms with Gasteiger partial charge in [0, 0.05) is 26.9 Å². The Morgan fingerprint density at radius 1 is 1.31 bits per heavy atom. The smallest absolute Gasteiger partial charge is 0.132 e. The van der Waals surface area contributed by atoms with Crippen LogP contribution < -0.4 is 5.73 Å². The number of aromatic amines is 1. The molecule has 3 unspecified atom stereocenters. The van der Waals surface area contributed by atoms with Gasteiger partial charge in [0.25, 0.3) is 0 Å². The standard InChI is InChI=1S/C23H34N4OSi/c1-29(2,3)15-14-28-16-21(23-25-19-11-4-5-12-20(19)26-23)27-13-7-9-17-8-6-10-18(24)22(17)27/h4-5,7,9,11-13,18,21-22H,6,8,10,14-16,24H2,1-3H3,(H,25,26). The Balaban J connectivity index is 1.60. The van der Waals surface area contributed by atoms with Gasteiger partial charge in [-0.2, -0.15) is 0 Å². The second-order valence-corrected chi connectivity index (χ2v) is 15.2. The van der Waals surface area contributed by atoms with Gasteiger partial charge in [0.05, 0.1) is 23.7 Å². The average Bonchev–Trinajstić information content (AvgIpc) is 3.11. The van der Waals surface area contributed by atoms with Crippen LogP contribution in [0.25, 0.3) is 11.0 Å². The third kappa shape index (κ3) is 4.65. The quantitative estimate of drug-likeness (QED) is 0.517. The maximum atomic E-state index is 6.60. The van der Waals surface area contributed by atoms with Gasteiger partial charge in [0.1, 0.15) is 11.9 Å². The fourth-order valence-corrected chi connectivity index (χ4v) is 5.14. The Labute approximate surface area is 175 Å². The normalized spacial score (nSPS) is 23.2. The van der Waals surface area contributed by atoms with Crippen LogP contribution in [0.1, 0.15) is 31.1 Å². The molecule has 0 radical (unpaired) electrons. The van der Waals surface area contributed by atoms with Crippen molar-refractivity contribution in [3.63, 3.8) is 0 Å². The highest BCUT2D eigenvalue weighted by atomic mass is 28.3. The van der Waals surface area contributed by atoms with Crippen LogP contribution >= 0.6 is 0 Å². The molecule has 0 amide bonds. The van der Waals surface area contributed by atoms with Gasteiger partial charge >= 0.3 is 0 Å². The third-order valence-corrected chi connectivity index (χ3v) is 7.74. The van der Waals surface area contributed by atoms with Crippen molar-refractivity contribution >= 4 is 19.1 Å². The maximum absolute atomic E-state index is 6.60. The summed E-state index contributed by atoms with van der Waals surface area (Å²) in [6.07, 6.45) is 9.95. The molecule has 0 saturated heterocycles. The molecule has 1 fully saturated rings. The van der Waals surface area contributed by atoms with Crippen LogP contribution in [0, 0.1) is 0 Å². The van der Waals surface area contributed by atoms with E-state index < -0.39 is 8.07 Å². The topological polar surface area (TPSA) is 67.2 Å². The zero-order valence-corrected chi connectivity index (χ0v) is 18.9. The number of H-pyrrole nitrogens is 1. The molecule has 1 aliphatic heterocycles. The minimum atomic E-state index is -1.12. The summed E-state index contributed by atoms with van der Waals surface area (Å²) in [7, 11) is -1.12. The number of fused-ring (bicyclic) bond motifs is 2. The largest absolute Gasteiger partial charge is 0.379 e. The van der Waals surface area contributed by atoms with E-state index in [1.807, 2.05) is 12.1 Å². The lowest BCUT2D eigenvalue weighted by molar-refractivity contribution is 0.0616. The first-order chi connectivity index (χ1) is 13.9. The summed E-state index contributed by atoms with van der Waals surface area (Å²) in [4.78, 5) is 10.9. The van der Waals surface area contributed by atoms with E-state index in [1.165, 1.54) is 18.0 Å². The van der Waals surface area contributed by atoms with Crippen molar-refractivity contribution in [2.45, 2.75) is 63.1 Å². The lowest BCUT2D eigenvalue weighted by Gasteiger charge is -2.44. The van der Waals surface area contributed by atoms with E-state index >= 15 is 0 Å². The number of nitrogens with zero attached hydrogens (tertiary/aromatic N) is 2. The summed E-state index contributed by atoms with van der Waals surface area (Å²) in [6.45, 7) is 8.59. The number of benzene rings is 1. The summed E-state index contributed by atoms with van der Waals surface area (Å²) in [6, 6.07) is 9.79. The van der Waals surface area contributed by atoms with Crippen LogP contribution in [-0.2, 0) is 4.74 Å². The Kier molecular flexibility index (Phi) is 5.95. The molecule has 2 aliphatic rings. The van der Waals surface area contributed by atoms with Crippen LogP contribution in [-0.4, -0.2) is 48.2 Å². The second-order valence-electron chi connectivity index (χ2n) is 9.57. The van der Waals surface area contributed by atoms with Gasteiger partial charge in [-0.15, -0.1) is 0 Å². The predicted octanol–water partition coefficient (Wildman–Crippen LogP) is 4.59. The Bertz CT molecular complexity index is 865. The summed E-state index contributed by atoms with van der Waals surface area (Å²) in [5, 5.41) is 0. The molecule has 29 heavy (non-hydrogen) atoms. The van der Waals surface area contributed by atoms with E-state index in [1.54, 1.807) is 0 Å². The molecule has 4 rings (SSSR count). The molecule has 6 heteroatoms. The zero-order chi connectivity index (χ0) is 20.4. The van der Waals surface area contributed by atoms with Crippen molar-refractivity contribution in [2.24, 2.45) is 5.73 Å². The van der Waals surface area contributed by atoms with Gasteiger partial charge in [-0.3, -0.25) is 0 Å². The Morgan fingerprint density at radius 2 is 2.14 bits per heavy atom. The Hall–Kier alpha value is -1.89. The van der Waals surface area contributed by atoms with E-state index in [0.717, 1.165) is 36.3 Å². The molecule has 3 N–H and O–H groups in total. The first-order valence-corrected chi connectivity index (χ1v) is 14.6. The van der Waals surface area contributed by atoms with E-state index in [4.69, 9.17) is 15.5 Å². The van der Waals surface area contributed by atoms with Gasteiger partial charge in [-0.05, 0) is 49.1 Å². The average molecular weight is 411 g/mol. The van der Waals surface area contributed by atoms with Crippen LogP contribution in [0.15, 0.2) is 48.2 Å². The highest BCUT2D eigenvalue weighted by Gasteiger charge is 2.36. The van der Waals surface area contributed by atoms with E-state index in [-0.39, 0.29) is 18.1 Å². The highest BCUT2D eigenvalue weighted by molar-refractivity contribution is 6.76. The van der Waals surface area contributed by atoms with Gasteiger partial charge in [0.15, 0.2) is 0 Å². The fraction of sp³-hybridized carbons (Fsp3) is 0.522. The number of ether oxygens (including phenoxy) is 1. The van der Waals surface area contributed by atoms with Crippen molar-refractivity contribution in [3.05, 3.63) is 54.0 Å². The molecule has 0 spiro atoms. The number of nitrogens with one attached hydrogen (secondary N) is 1. The summed E-state index contributed by atoms with van der Waals surface area (Å²) in [5.74, 6) is 0.961. The van der Waals surface area contributed by atoms with E-state index in [2.05, 4.69) is 60.0 Å². The summed E-state index contributed by atoms with van der Waals surface area (Å²) < 4.78 is 6.23. The fourth-order valence-electron chi connectivity index (χ4n) is 4.38. The lowest BCUT2D eigenvalue weighted by atomic mass is 9.83. The number of imidazole rings is 1. The Morgan fingerprint density at radius 3 is 2.93 bits per heavy atom. The number of allylic oxidation sites excluding steroid dienone is 2. The number of hydrogen-bond acceptors (Lipinski definition) is 4. The SMILES string of the molecule is C[Si](C)(C)CCOCC(c1nc2ccccc2[nH]1)N1C=CC=C2CCCC(N)C21. The van der Waals surface area contributed by atoms with Gasteiger partial charge in [-0.25, -0.2) is 4.98 Å². The molecule has 1 saturated carbocycles. The number of rotatable bonds is 7. The van der Waals surface area contributed by atoms with Gasteiger partial charge in [0.2, 0.25) is 0 Å². The third-order valence-electron chi connectivity index (χ3n) is 6.03. The monoisotopic (exact) mass is 410 g/mol. The summed E-state index contributed by atoms with van der Waals surface area (Å²) >= 11 is 0. The number of nitrogens with two attached hydrogens (primary N) is 1. The maximum Gasteiger partial charge on any atom is 0.132 e. The van der Waals surface area contributed by atoms with Crippen LogP contribution in [0.3, 0.4) is 0 Å². The first kappa shape index (κ1) is 20.4. The molecule has 2 aromatic rings. The lowest BCUT2D eigenvalue weighted by Crippen LogP contribution is -2.51. The van der Waals surface area contributed by atoms with Crippen molar-refractivity contribution in [2.75, 3.05) is 13.2 Å². The number of para-hydroxylation sites is 2. The molecule has 1 aromatic heterocycles. The predicted molar refractivity (Wildman–Crippen MR) is 122 cm³/mol. The molecular formula is C23H34N4OSi. The van der Waals surface area contributed by atoms with Crippen molar-refractivity contribution in [3.8, 4) is 0 Å². The van der Waals surface area contributed by atoms with Crippen molar-refractivity contribution in [1.29, 1.82) is 0 Å². The molecule has 1 aromatic carbocycles. The molecule has 3 atom stereocenters. The second kappa shape index (κ2) is 8.46. The van der Waals surface area contributed by atoms with Gasteiger partial charge in [-0.1, -0.05) is 37.8 Å². The number of hydrogen-bond donors (Lipinski definition) is 2. The highest BCUT2D eigenvalue weighted by Crippen LogP contribution is 2.35. The molecule has 2 heterocycles. The van der Waals surface area contributed by atoms with Crippen LogP contribution in [0.4, 0.5) is 0 Å². The number of aromatic nitrogens is 2. The van der Waals surface area contributed by atoms with Gasteiger partial charge < -0.3 is 20.4 Å². The zero-order valence-electron chi connectivity index (χ0n) is 17.9. The molecule has 156 valence electrons. The molecular weight excluding hydrogens is 376 g/mol. The van der Waals surface area contributed by atoms with Crippen LogP contribution in [0.5, 0.6) is 0 Å². The first-order valence-electron chi connectivity index (χ1n) is 10.8. The molecule has 0 bridgehead atoms. The molecule has 1 aliphatic carbocycles. The van der Waals surface area contributed by atoms with Crippen LogP contribution in [0.2, 0.25) is 25.7 Å². The minimum absolute atomic E-state index is 0.0261. The molecule has 5 nitrogen and oxygen atoms in total. The summed E-state index contributed by atoms with van der Waals surface area (Å²) in [5.41, 5.74) is 10.1. The van der Waals surface area contributed by atoms with E-state index in [9.17, 15) is 0 Å². The van der Waals surface area contributed by atoms with Crippen molar-refractivity contribution < 1.29 is 4.74 Å². The van der Waals surface area contributed by atoms with E-state index in [0.29, 0.717) is 6.61 Å².